The fourth-order valence-electron chi connectivity index (χ4n) is 3.08. The molecule has 0 saturated heterocycles. The van der Waals surface area contributed by atoms with Gasteiger partial charge in [-0.2, -0.15) is 0 Å². The Labute approximate surface area is 159 Å². The molecule has 6 heteroatoms. The zero-order chi connectivity index (χ0) is 16.5. The molecule has 0 saturated carbocycles. The highest BCUT2D eigenvalue weighted by Crippen LogP contribution is 2.35. The van der Waals surface area contributed by atoms with Crippen LogP contribution in [0.2, 0.25) is 0 Å². The van der Waals surface area contributed by atoms with Crippen molar-refractivity contribution in [2.45, 2.75) is 12.6 Å². The lowest BCUT2D eigenvalue weighted by Crippen LogP contribution is -2.44. The van der Waals surface area contributed by atoms with Gasteiger partial charge in [0.2, 0.25) is 0 Å². The number of thiophene rings is 1. The minimum absolute atomic E-state index is 0.171. The van der Waals surface area contributed by atoms with Gasteiger partial charge in [0.05, 0.1) is 0 Å². The van der Waals surface area contributed by atoms with E-state index in [1.54, 1.807) is 11.3 Å². The predicted octanol–water partition coefficient (Wildman–Crippen LogP) is 5.11. The Hall–Kier alpha value is -1.63. The molecular weight excluding hydrogens is 402 g/mol. The van der Waals surface area contributed by atoms with Gasteiger partial charge >= 0.3 is 0 Å². The maximum atomic E-state index is 5.74. The predicted molar refractivity (Wildman–Crippen MR) is 108 cm³/mol. The normalized spacial score (nSPS) is 16.7. The van der Waals surface area contributed by atoms with Gasteiger partial charge in [-0.15, -0.1) is 11.3 Å². The number of hydrogen-bond acceptors (Lipinski definition) is 2. The van der Waals surface area contributed by atoms with E-state index in [-0.39, 0.29) is 6.04 Å². The van der Waals surface area contributed by atoms with Crippen LogP contribution in [0.3, 0.4) is 0 Å². The first-order chi connectivity index (χ1) is 11.7. The number of nitrogens with zero attached hydrogens (tertiary/aromatic N) is 2. The van der Waals surface area contributed by atoms with Crippen LogP contribution in [-0.2, 0) is 6.54 Å². The molecule has 0 unspecified atom stereocenters. The molecule has 1 atom stereocenters. The first-order valence-corrected chi connectivity index (χ1v) is 9.82. The molecule has 24 heavy (non-hydrogen) atoms. The molecule has 3 aromatic rings. The molecule has 0 radical (unpaired) electrons. The second-order valence-electron chi connectivity index (χ2n) is 5.67. The molecule has 0 amide bonds. The fraction of sp³-hybridized carbons (Fsp3) is 0.167. The fourth-order valence-corrected chi connectivity index (χ4v) is 4.50. The van der Waals surface area contributed by atoms with Crippen molar-refractivity contribution in [2.75, 3.05) is 11.9 Å². The lowest BCUT2D eigenvalue weighted by molar-refractivity contribution is 0.297. The molecule has 1 aliphatic heterocycles. The largest absolute Gasteiger partial charge is 0.347 e. The van der Waals surface area contributed by atoms with Crippen molar-refractivity contribution in [1.82, 2.24) is 9.47 Å². The van der Waals surface area contributed by atoms with Crippen molar-refractivity contribution < 1.29 is 0 Å². The van der Waals surface area contributed by atoms with E-state index in [0.29, 0.717) is 0 Å². The molecule has 1 N–H and O–H groups in total. The topological polar surface area (TPSA) is 20.2 Å². The lowest BCUT2D eigenvalue weighted by Gasteiger charge is -2.38. The number of nitrogens with one attached hydrogen (secondary N) is 1. The molecule has 0 fully saturated rings. The Morgan fingerprint density at radius 2 is 1.96 bits per heavy atom. The van der Waals surface area contributed by atoms with Crippen LogP contribution in [0, 0.1) is 0 Å². The van der Waals surface area contributed by atoms with E-state index in [9.17, 15) is 0 Å². The smallest absolute Gasteiger partial charge is 0.174 e. The number of fused-ring (bicyclic) bond motifs is 1. The van der Waals surface area contributed by atoms with Crippen molar-refractivity contribution in [3.8, 4) is 0 Å². The van der Waals surface area contributed by atoms with Crippen LogP contribution in [0.5, 0.6) is 0 Å². The van der Waals surface area contributed by atoms with Crippen LogP contribution in [0.1, 0.15) is 16.6 Å². The van der Waals surface area contributed by atoms with Gasteiger partial charge in [-0.1, -0.05) is 22.0 Å². The Balaban J connectivity index is 1.63. The molecule has 3 nitrogen and oxygen atoms in total. The van der Waals surface area contributed by atoms with Crippen molar-refractivity contribution >= 4 is 50.3 Å². The lowest BCUT2D eigenvalue weighted by atomic mass is 10.1. The summed E-state index contributed by atoms with van der Waals surface area (Å²) in [4.78, 5) is 3.60. The summed E-state index contributed by atoms with van der Waals surface area (Å²) in [6, 6.07) is 16.9. The zero-order valence-electron chi connectivity index (χ0n) is 12.9. The van der Waals surface area contributed by atoms with E-state index in [2.05, 4.69) is 66.6 Å². The summed E-state index contributed by atoms with van der Waals surface area (Å²) in [5.74, 6) is 0. The van der Waals surface area contributed by atoms with Crippen LogP contribution in [-0.4, -0.2) is 21.1 Å². The van der Waals surface area contributed by atoms with Crippen LogP contribution in [0.4, 0.5) is 5.69 Å². The summed E-state index contributed by atoms with van der Waals surface area (Å²) >= 11 is 11.0. The number of hydrogen-bond donors (Lipinski definition) is 1. The highest BCUT2D eigenvalue weighted by Gasteiger charge is 2.31. The van der Waals surface area contributed by atoms with Gasteiger partial charge in [0, 0.05) is 40.0 Å². The summed E-state index contributed by atoms with van der Waals surface area (Å²) in [7, 11) is 0. The van der Waals surface area contributed by atoms with Crippen LogP contribution in [0.15, 0.2) is 64.6 Å². The maximum absolute atomic E-state index is 5.74. The second-order valence-corrected chi connectivity index (χ2v) is 7.96. The third-order valence-electron chi connectivity index (χ3n) is 4.21. The summed E-state index contributed by atoms with van der Waals surface area (Å²) in [5.41, 5.74) is 2.30. The Kier molecular flexibility index (Phi) is 4.43. The molecule has 0 bridgehead atoms. The summed E-state index contributed by atoms with van der Waals surface area (Å²) in [6.45, 7) is 1.85. The average molecular weight is 418 g/mol. The van der Waals surface area contributed by atoms with Gasteiger partial charge in [-0.05, 0) is 60.1 Å². The summed E-state index contributed by atoms with van der Waals surface area (Å²) in [5, 5.41) is 6.28. The number of thiocarbonyl (C=S) groups is 1. The summed E-state index contributed by atoms with van der Waals surface area (Å²) < 4.78 is 3.38. The van der Waals surface area contributed by atoms with Gasteiger partial charge in [-0.25, -0.2) is 0 Å². The van der Waals surface area contributed by atoms with Crippen LogP contribution >= 0.6 is 39.5 Å². The number of benzene rings is 1. The minimum Gasteiger partial charge on any atom is -0.347 e. The average Bonchev–Trinajstić information content (AvgIpc) is 3.27. The van der Waals surface area contributed by atoms with Crippen LogP contribution < -0.4 is 5.32 Å². The van der Waals surface area contributed by atoms with Gasteiger partial charge in [0.1, 0.15) is 6.04 Å². The molecule has 0 spiro atoms. The highest BCUT2D eigenvalue weighted by molar-refractivity contribution is 9.10. The van der Waals surface area contributed by atoms with E-state index in [1.807, 2.05) is 24.3 Å². The van der Waals surface area contributed by atoms with E-state index < -0.39 is 0 Å². The molecule has 122 valence electrons. The quantitative estimate of drug-likeness (QED) is 0.584. The van der Waals surface area contributed by atoms with Crippen molar-refractivity contribution in [1.29, 1.82) is 0 Å². The van der Waals surface area contributed by atoms with E-state index >= 15 is 0 Å². The molecule has 0 aliphatic carbocycles. The number of halogens is 1. The highest BCUT2D eigenvalue weighted by atomic mass is 79.9. The van der Waals surface area contributed by atoms with Crippen LogP contribution in [0.25, 0.3) is 0 Å². The number of anilines is 1. The number of aromatic nitrogens is 1. The molecule has 3 heterocycles. The Morgan fingerprint density at radius 1 is 1.12 bits per heavy atom. The number of rotatable bonds is 2. The van der Waals surface area contributed by atoms with E-state index in [1.165, 1.54) is 10.6 Å². The molecule has 1 aromatic carbocycles. The van der Waals surface area contributed by atoms with Crippen molar-refractivity contribution in [3.05, 3.63) is 75.2 Å². The third kappa shape index (κ3) is 3.01. The van der Waals surface area contributed by atoms with Crippen molar-refractivity contribution in [2.24, 2.45) is 0 Å². The second kappa shape index (κ2) is 6.70. The first-order valence-electron chi connectivity index (χ1n) is 7.74. The Morgan fingerprint density at radius 3 is 2.71 bits per heavy atom. The zero-order valence-corrected chi connectivity index (χ0v) is 16.1. The van der Waals surface area contributed by atoms with E-state index in [0.717, 1.165) is 28.4 Å². The molecule has 2 aromatic heterocycles. The molecular formula is C18H16BrN3S2. The standard InChI is InChI=1S/C18H16BrN3S2/c19-13-5-7-14(8-6-13)20-18(23)22-11-10-21-9-1-3-15(21)17(22)16-4-2-12-24-16/h1-9,12,17H,10-11H2,(H,20,23)/t17-/m1/s1. The summed E-state index contributed by atoms with van der Waals surface area (Å²) in [6.07, 6.45) is 2.15. The Bertz CT molecular complexity index is 840. The van der Waals surface area contributed by atoms with Gasteiger partial charge in [0.15, 0.2) is 5.11 Å². The SMILES string of the molecule is S=C(Nc1ccc(Br)cc1)N1CCn2cccc2[C@@H]1c1cccs1. The maximum Gasteiger partial charge on any atom is 0.174 e. The van der Waals surface area contributed by atoms with E-state index in [4.69, 9.17) is 12.2 Å². The monoisotopic (exact) mass is 417 g/mol. The van der Waals surface area contributed by atoms with Gasteiger partial charge in [-0.3, -0.25) is 0 Å². The molecule has 4 rings (SSSR count). The van der Waals surface area contributed by atoms with Gasteiger partial charge in [0.25, 0.3) is 0 Å². The van der Waals surface area contributed by atoms with Crippen molar-refractivity contribution in [3.63, 3.8) is 0 Å². The minimum atomic E-state index is 0.171. The van der Waals surface area contributed by atoms with Gasteiger partial charge < -0.3 is 14.8 Å². The third-order valence-corrected chi connectivity index (χ3v) is 6.00. The first kappa shape index (κ1) is 15.9. The molecule has 1 aliphatic rings.